The fraction of sp³-hybridized carbons (Fsp3) is 0.333. The molecule has 2 rings (SSSR count). The molecule has 0 aliphatic carbocycles. The number of hydrogen-bond acceptors (Lipinski definition) is 4. The SMILES string of the molecule is CCCn1cc(OCC(=O)Nc2ccc(OC)cc2)cn1. The molecular formula is C15H19N3O3. The number of carbonyl (C=O) groups is 1. The molecule has 0 aliphatic heterocycles. The van der Waals surface area contributed by atoms with Gasteiger partial charge in [0.25, 0.3) is 5.91 Å². The van der Waals surface area contributed by atoms with Gasteiger partial charge >= 0.3 is 0 Å². The first kappa shape index (κ1) is 14.9. The summed E-state index contributed by atoms with van der Waals surface area (Å²) in [4.78, 5) is 11.8. The smallest absolute Gasteiger partial charge is 0.262 e. The van der Waals surface area contributed by atoms with Crippen LogP contribution in [-0.2, 0) is 11.3 Å². The van der Waals surface area contributed by atoms with Crippen LogP contribution in [0.25, 0.3) is 0 Å². The Morgan fingerprint density at radius 1 is 1.29 bits per heavy atom. The highest BCUT2D eigenvalue weighted by Gasteiger charge is 2.05. The molecule has 1 heterocycles. The van der Waals surface area contributed by atoms with Gasteiger partial charge in [-0.25, -0.2) is 0 Å². The molecule has 0 aliphatic rings. The number of amides is 1. The number of methoxy groups -OCH3 is 1. The Hall–Kier alpha value is -2.50. The van der Waals surface area contributed by atoms with Gasteiger partial charge in [0, 0.05) is 12.2 Å². The van der Waals surface area contributed by atoms with Gasteiger partial charge in [0.05, 0.1) is 19.5 Å². The molecule has 6 nitrogen and oxygen atoms in total. The highest BCUT2D eigenvalue weighted by atomic mass is 16.5. The first-order valence-electron chi connectivity index (χ1n) is 6.80. The van der Waals surface area contributed by atoms with Crippen molar-refractivity contribution in [3.8, 4) is 11.5 Å². The first-order valence-corrected chi connectivity index (χ1v) is 6.80. The van der Waals surface area contributed by atoms with Crippen LogP contribution in [0.3, 0.4) is 0 Å². The van der Waals surface area contributed by atoms with Crippen molar-refractivity contribution in [3.63, 3.8) is 0 Å². The zero-order valence-corrected chi connectivity index (χ0v) is 12.2. The summed E-state index contributed by atoms with van der Waals surface area (Å²) in [6.07, 6.45) is 4.39. The van der Waals surface area contributed by atoms with Crippen LogP contribution in [-0.4, -0.2) is 29.4 Å². The lowest BCUT2D eigenvalue weighted by Crippen LogP contribution is -2.19. The van der Waals surface area contributed by atoms with Crippen LogP contribution < -0.4 is 14.8 Å². The van der Waals surface area contributed by atoms with Crippen LogP contribution in [0.15, 0.2) is 36.7 Å². The number of ether oxygens (including phenoxy) is 2. The van der Waals surface area contributed by atoms with Gasteiger partial charge in [-0.1, -0.05) is 6.92 Å². The molecule has 0 atom stereocenters. The van der Waals surface area contributed by atoms with E-state index in [-0.39, 0.29) is 12.5 Å². The average Bonchev–Trinajstić information content (AvgIpc) is 2.94. The van der Waals surface area contributed by atoms with Crippen LogP contribution in [0.1, 0.15) is 13.3 Å². The van der Waals surface area contributed by atoms with E-state index in [0.717, 1.165) is 18.7 Å². The minimum absolute atomic E-state index is 0.0517. The van der Waals surface area contributed by atoms with Crippen molar-refractivity contribution >= 4 is 11.6 Å². The molecule has 0 saturated heterocycles. The Morgan fingerprint density at radius 3 is 2.71 bits per heavy atom. The van der Waals surface area contributed by atoms with E-state index < -0.39 is 0 Å². The lowest BCUT2D eigenvalue weighted by atomic mass is 10.3. The molecule has 0 radical (unpaired) electrons. The van der Waals surface area contributed by atoms with E-state index in [4.69, 9.17) is 9.47 Å². The van der Waals surface area contributed by atoms with Gasteiger partial charge in [-0.3, -0.25) is 9.48 Å². The van der Waals surface area contributed by atoms with Crippen molar-refractivity contribution in [1.29, 1.82) is 0 Å². The Kier molecular flexibility index (Phi) is 5.20. The van der Waals surface area contributed by atoms with Crippen LogP contribution in [0.4, 0.5) is 5.69 Å². The summed E-state index contributed by atoms with van der Waals surface area (Å²) >= 11 is 0. The van der Waals surface area contributed by atoms with E-state index >= 15 is 0 Å². The minimum Gasteiger partial charge on any atom is -0.497 e. The second-order valence-electron chi connectivity index (χ2n) is 4.50. The fourth-order valence-corrected chi connectivity index (χ4v) is 1.79. The topological polar surface area (TPSA) is 65.4 Å². The number of carbonyl (C=O) groups excluding carboxylic acids is 1. The monoisotopic (exact) mass is 289 g/mol. The third kappa shape index (κ3) is 4.52. The van der Waals surface area contributed by atoms with E-state index in [2.05, 4.69) is 17.3 Å². The fourth-order valence-electron chi connectivity index (χ4n) is 1.79. The summed E-state index contributed by atoms with van der Waals surface area (Å²) in [5.41, 5.74) is 0.700. The van der Waals surface area contributed by atoms with Gasteiger partial charge in [0.15, 0.2) is 12.4 Å². The molecule has 1 amide bonds. The Balaban J connectivity index is 1.80. The van der Waals surface area contributed by atoms with Gasteiger partial charge in [-0.15, -0.1) is 0 Å². The summed E-state index contributed by atoms with van der Waals surface area (Å²) in [5.74, 6) is 1.12. The third-order valence-corrected chi connectivity index (χ3v) is 2.81. The zero-order chi connectivity index (χ0) is 15.1. The Bertz CT molecular complexity index is 578. The number of hydrogen-bond donors (Lipinski definition) is 1. The molecule has 0 bridgehead atoms. The molecule has 21 heavy (non-hydrogen) atoms. The van der Waals surface area contributed by atoms with E-state index in [0.29, 0.717) is 11.4 Å². The highest BCUT2D eigenvalue weighted by molar-refractivity contribution is 5.91. The second-order valence-corrected chi connectivity index (χ2v) is 4.50. The quantitative estimate of drug-likeness (QED) is 0.849. The number of aryl methyl sites for hydroxylation is 1. The van der Waals surface area contributed by atoms with Crippen molar-refractivity contribution in [3.05, 3.63) is 36.7 Å². The van der Waals surface area contributed by atoms with Gasteiger partial charge < -0.3 is 14.8 Å². The standard InChI is InChI=1S/C15H19N3O3/c1-3-8-18-10-14(9-16-18)21-11-15(19)17-12-4-6-13(20-2)7-5-12/h4-7,9-10H,3,8,11H2,1-2H3,(H,17,19). The van der Waals surface area contributed by atoms with Crippen LogP contribution >= 0.6 is 0 Å². The van der Waals surface area contributed by atoms with E-state index in [1.807, 2.05) is 0 Å². The lowest BCUT2D eigenvalue weighted by molar-refractivity contribution is -0.118. The molecule has 1 aromatic carbocycles. The number of aromatic nitrogens is 2. The summed E-state index contributed by atoms with van der Waals surface area (Å²) in [5, 5.41) is 6.88. The predicted molar refractivity (Wildman–Crippen MR) is 79.6 cm³/mol. The first-order chi connectivity index (χ1) is 10.2. The van der Waals surface area contributed by atoms with E-state index in [1.165, 1.54) is 0 Å². The predicted octanol–water partition coefficient (Wildman–Crippen LogP) is 2.32. The number of nitrogens with one attached hydrogen (secondary N) is 1. The second kappa shape index (κ2) is 7.33. The highest BCUT2D eigenvalue weighted by Crippen LogP contribution is 2.15. The maximum atomic E-state index is 11.8. The third-order valence-electron chi connectivity index (χ3n) is 2.81. The Morgan fingerprint density at radius 2 is 2.05 bits per heavy atom. The number of benzene rings is 1. The number of rotatable bonds is 7. The van der Waals surface area contributed by atoms with Gasteiger partial charge in [0.1, 0.15) is 5.75 Å². The molecule has 0 spiro atoms. The normalized spacial score (nSPS) is 10.2. The van der Waals surface area contributed by atoms with Gasteiger partial charge in [-0.2, -0.15) is 5.10 Å². The molecule has 1 aromatic heterocycles. The van der Waals surface area contributed by atoms with Crippen molar-refractivity contribution in [2.45, 2.75) is 19.9 Å². The molecule has 112 valence electrons. The van der Waals surface area contributed by atoms with Crippen LogP contribution in [0.2, 0.25) is 0 Å². The van der Waals surface area contributed by atoms with Crippen molar-refractivity contribution in [2.75, 3.05) is 19.0 Å². The van der Waals surface area contributed by atoms with E-state index in [9.17, 15) is 4.79 Å². The maximum absolute atomic E-state index is 11.8. The molecule has 0 saturated carbocycles. The van der Waals surface area contributed by atoms with Crippen molar-refractivity contribution in [2.24, 2.45) is 0 Å². The maximum Gasteiger partial charge on any atom is 0.262 e. The van der Waals surface area contributed by atoms with Gasteiger partial charge in [-0.05, 0) is 30.7 Å². The van der Waals surface area contributed by atoms with Crippen molar-refractivity contribution < 1.29 is 14.3 Å². The summed E-state index contributed by atoms with van der Waals surface area (Å²) in [6, 6.07) is 7.11. The summed E-state index contributed by atoms with van der Waals surface area (Å²) in [7, 11) is 1.60. The van der Waals surface area contributed by atoms with Crippen LogP contribution in [0, 0.1) is 0 Å². The largest absolute Gasteiger partial charge is 0.497 e. The van der Waals surface area contributed by atoms with Gasteiger partial charge in [0.2, 0.25) is 0 Å². The van der Waals surface area contributed by atoms with Crippen molar-refractivity contribution in [1.82, 2.24) is 9.78 Å². The molecule has 1 N–H and O–H groups in total. The number of nitrogens with zero attached hydrogens (tertiary/aromatic N) is 2. The Labute approximate surface area is 123 Å². The molecule has 6 heteroatoms. The lowest BCUT2D eigenvalue weighted by Gasteiger charge is -2.06. The molecule has 0 fully saturated rings. The molecule has 2 aromatic rings. The summed E-state index contributed by atoms with van der Waals surface area (Å²) < 4.78 is 12.2. The summed E-state index contributed by atoms with van der Waals surface area (Å²) in [6.45, 7) is 2.86. The van der Waals surface area contributed by atoms with Crippen LogP contribution in [0.5, 0.6) is 11.5 Å². The number of anilines is 1. The molecular weight excluding hydrogens is 270 g/mol. The zero-order valence-electron chi connectivity index (χ0n) is 12.2. The van der Waals surface area contributed by atoms with E-state index in [1.54, 1.807) is 48.5 Å². The minimum atomic E-state index is -0.219. The molecule has 0 unspecified atom stereocenters. The average molecular weight is 289 g/mol.